The van der Waals surface area contributed by atoms with E-state index in [4.69, 9.17) is 9.47 Å². The van der Waals surface area contributed by atoms with E-state index in [-0.39, 0.29) is 11.9 Å². The third-order valence-electron chi connectivity index (χ3n) is 3.99. The van der Waals surface area contributed by atoms with Gasteiger partial charge in [-0.25, -0.2) is 0 Å². The lowest BCUT2D eigenvalue weighted by atomic mass is 10.1. The molecule has 128 valence electrons. The van der Waals surface area contributed by atoms with E-state index >= 15 is 0 Å². The van der Waals surface area contributed by atoms with Crippen LogP contribution in [0.25, 0.3) is 0 Å². The Balaban J connectivity index is 2.03. The zero-order chi connectivity index (χ0) is 17.5. The van der Waals surface area contributed by atoms with E-state index in [1.807, 2.05) is 55.5 Å². The Bertz CT molecular complexity index is 684. The highest BCUT2D eigenvalue weighted by atomic mass is 16.5. The lowest BCUT2D eigenvalue weighted by Crippen LogP contribution is -2.38. The Labute approximate surface area is 143 Å². The second kappa shape index (κ2) is 8.39. The molecule has 0 unspecified atom stereocenters. The first-order valence-corrected chi connectivity index (χ1v) is 8.24. The van der Waals surface area contributed by atoms with Gasteiger partial charge in [0.25, 0.3) is 5.91 Å². The van der Waals surface area contributed by atoms with Crippen LogP contribution in [0.3, 0.4) is 0 Å². The molecule has 0 saturated carbocycles. The van der Waals surface area contributed by atoms with Crippen LogP contribution >= 0.6 is 0 Å². The first-order valence-electron chi connectivity index (χ1n) is 8.24. The minimum absolute atomic E-state index is 0.153. The lowest BCUT2D eigenvalue weighted by Gasteiger charge is -2.21. The maximum Gasteiger partial charge on any atom is 0.261 e. The molecule has 2 aromatic carbocycles. The van der Waals surface area contributed by atoms with Crippen molar-refractivity contribution < 1.29 is 14.3 Å². The standard InChI is InChI=1S/C20H25NO3/c1-5-16-10-6-8-12-18(16)24-15(3)20(22)21-14(2)17-11-7-9-13-19(17)23-4/h6-15H,5H2,1-4H3,(H,21,22)/t14-,15+/m0/s1. The molecule has 1 N–H and O–H groups in total. The minimum atomic E-state index is -0.574. The summed E-state index contributed by atoms with van der Waals surface area (Å²) in [5, 5.41) is 2.98. The Hall–Kier alpha value is -2.49. The molecule has 2 aromatic rings. The fourth-order valence-electron chi connectivity index (χ4n) is 2.59. The second-order valence-corrected chi connectivity index (χ2v) is 5.69. The number of rotatable bonds is 7. The van der Waals surface area contributed by atoms with Gasteiger partial charge < -0.3 is 14.8 Å². The molecular weight excluding hydrogens is 302 g/mol. The highest BCUT2D eigenvalue weighted by Crippen LogP contribution is 2.25. The number of benzene rings is 2. The molecule has 0 saturated heterocycles. The molecule has 0 aliphatic rings. The predicted molar refractivity (Wildman–Crippen MR) is 95.5 cm³/mol. The topological polar surface area (TPSA) is 47.6 Å². The smallest absolute Gasteiger partial charge is 0.261 e. The molecule has 2 atom stereocenters. The van der Waals surface area contributed by atoms with Crippen LogP contribution in [0.4, 0.5) is 0 Å². The van der Waals surface area contributed by atoms with E-state index in [1.54, 1.807) is 14.0 Å². The fraction of sp³-hybridized carbons (Fsp3) is 0.350. The number of aryl methyl sites for hydroxylation is 1. The second-order valence-electron chi connectivity index (χ2n) is 5.69. The van der Waals surface area contributed by atoms with Gasteiger partial charge in [-0.2, -0.15) is 0 Å². The number of methoxy groups -OCH3 is 1. The van der Waals surface area contributed by atoms with E-state index in [0.717, 1.165) is 29.0 Å². The zero-order valence-corrected chi connectivity index (χ0v) is 14.7. The molecule has 2 rings (SSSR count). The summed E-state index contributed by atoms with van der Waals surface area (Å²) in [7, 11) is 1.63. The number of para-hydroxylation sites is 2. The van der Waals surface area contributed by atoms with Gasteiger partial charge in [0.2, 0.25) is 0 Å². The van der Waals surface area contributed by atoms with Crippen molar-refractivity contribution in [3.8, 4) is 11.5 Å². The Morgan fingerprint density at radius 2 is 1.67 bits per heavy atom. The van der Waals surface area contributed by atoms with Crippen LogP contribution in [0, 0.1) is 0 Å². The summed E-state index contributed by atoms with van der Waals surface area (Å²) >= 11 is 0. The third-order valence-corrected chi connectivity index (χ3v) is 3.99. The van der Waals surface area contributed by atoms with Gasteiger partial charge in [-0.15, -0.1) is 0 Å². The van der Waals surface area contributed by atoms with Crippen molar-refractivity contribution in [1.82, 2.24) is 5.32 Å². The molecule has 0 aliphatic carbocycles. The molecular formula is C20H25NO3. The molecule has 4 nitrogen and oxygen atoms in total. The number of nitrogens with one attached hydrogen (secondary N) is 1. The van der Waals surface area contributed by atoms with E-state index in [9.17, 15) is 4.79 Å². The van der Waals surface area contributed by atoms with Gasteiger partial charge in [-0.1, -0.05) is 43.3 Å². The summed E-state index contributed by atoms with van der Waals surface area (Å²) < 4.78 is 11.2. The van der Waals surface area contributed by atoms with Crippen molar-refractivity contribution in [2.45, 2.75) is 39.3 Å². The van der Waals surface area contributed by atoms with Gasteiger partial charge in [0.05, 0.1) is 13.2 Å². The van der Waals surface area contributed by atoms with Crippen LogP contribution in [0.2, 0.25) is 0 Å². The molecule has 0 aliphatic heterocycles. The molecule has 0 heterocycles. The average Bonchev–Trinajstić information content (AvgIpc) is 2.61. The van der Waals surface area contributed by atoms with E-state index in [1.165, 1.54) is 0 Å². The Morgan fingerprint density at radius 1 is 1.04 bits per heavy atom. The lowest BCUT2D eigenvalue weighted by molar-refractivity contribution is -0.127. The van der Waals surface area contributed by atoms with Gasteiger partial charge in [-0.05, 0) is 38.0 Å². The Morgan fingerprint density at radius 3 is 2.33 bits per heavy atom. The molecule has 4 heteroatoms. The van der Waals surface area contributed by atoms with Crippen molar-refractivity contribution in [3.63, 3.8) is 0 Å². The van der Waals surface area contributed by atoms with Gasteiger partial charge in [0.1, 0.15) is 11.5 Å². The Kier molecular flexibility index (Phi) is 6.24. The maximum atomic E-state index is 12.5. The third kappa shape index (κ3) is 4.28. The van der Waals surface area contributed by atoms with E-state index in [2.05, 4.69) is 12.2 Å². The van der Waals surface area contributed by atoms with E-state index < -0.39 is 6.10 Å². The summed E-state index contributed by atoms with van der Waals surface area (Å²) in [4.78, 5) is 12.5. The summed E-state index contributed by atoms with van der Waals surface area (Å²) in [6, 6.07) is 15.3. The molecule has 0 radical (unpaired) electrons. The summed E-state index contributed by atoms with van der Waals surface area (Å²) in [6.45, 7) is 5.76. The molecule has 1 amide bonds. The minimum Gasteiger partial charge on any atom is -0.496 e. The van der Waals surface area contributed by atoms with Gasteiger partial charge in [0, 0.05) is 5.56 Å². The van der Waals surface area contributed by atoms with Crippen LogP contribution in [-0.4, -0.2) is 19.1 Å². The normalized spacial score (nSPS) is 13.0. The van der Waals surface area contributed by atoms with Crippen LogP contribution in [-0.2, 0) is 11.2 Å². The quantitative estimate of drug-likeness (QED) is 0.839. The highest BCUT2D eigenvalue weighted by molar-refractivity contribution is 5.81. The SMILES string of the molecule is CCc1ccccc1O[C@H](C)C(=O)N[C@@H](C)c1ccccc1OC. The van der Waals surface area contributed by atoms with Gasteiger partial charge >= 0.3 is 0 Å². The molecule has 0 fully saturated rings. The number of ether oxygens (including phenoxy) is 2. The summed E-state index contributed by atoms with van der Waals surface area (Å²) in [6.07, 6.45) is 0.289. The summed E-state index contributed by atoms with van der Waals surface area (Å²) in [5.41, 5.74) is 2.03. The maximum absolute atomic E-state index is 12.5. The van der Waals surface area contributed by atoms with Gasteiger partial charge in [-0.3, -0.25) is 4.79 Å². The highest BCUT2D eigenvalue weighted by Gasteiger charge is 2.20. The predicted octanol–water partition coefficient (Wildman–Crippen LogP) is 3.90. The van der Waals surface area contributed by atoms with Crippen LogP contribution in [0.15, 0.2) is 48.5 Å². The monoisotopic (exact) mass is 327 g/mol. The van der Waals surface area contributed by atoms with Crippen molar-refractivity contribution >= 4 is 5.91 Å². The van der Waals surface area contributed by atoms with Crippen molar-refractivity contribution in [2.24, 2.45) is 0 Å². The van der Waals surface area contributed by atoms with Gasteiger partial charge in [0.15, 0.2) is 6.10 Å². The largest absolute Gasteiger partial charge is 0.496 e. The first kappa shape index (κ1) is 17.9. The molecule has 0 aromatic heterocycles. The van der Waals surface area contributed by atoms with E-state index in [0.29, 0.717) is 0 Å². The number of carbonyl (C=O) groups excluding carboxylic acids is 1. The van der Waals surface area contributed by atoms with Crippen molar-refractivity contribution in [1.29, 1.82) is 0 Å². The number of amides is 1. The average molecular weight is 327 g/mol. The summed E-state index contributed by atoms with van der Waals surface area (Å²) in [5.74, 6) is 1.36. The molecule has 24 heavy (non-hydrogen) atoms. The molecule has 0 spiro atoms. The number of hydrogen-bond donors (Lipinski definition) is 1. The first-order chi connectivity index (χ1) is 11.6. The number of hydrogen-bond acceptors (Lipinski definition) is 3. The van der Waals surface area contributed by atoms with Crippen molar-refractivity contribution in [3.05, 3.63) is 59.7 Å². The van der Waals surface area contributed by atoms with Crippen molar-refractivity contribution in [2.75, 3.05) is 7.11 Å². The zero-order valence-electron chi connectivity index (χ0n) is 14.7. The fourth-order valence-corrected chi connectivity index (χ4v) is 2.59. The van der Waals surface area contributed by atoms with Crippen LogP contribution in [0.5, 0.6) is 11.5 Å². The van der Waals surface area contributed by atoms with Crippen LogP contribution < -0.4 is 14.8 Å². The van der Waals surface area contributed by atoms with Crippen LogP contribution in [0.1, 0.15) is 37.9 Å². The molecule has 0 bridgehead atoms. The number of carbonyl (C=O) groups is 1.